The summed E-state index contributed by atoms with van der Waals surface area (Å²) in [5.41, 5.74) is 0. The predicted molar refractivity (Wildman–Crippen MR) is 26.8 cm³/mol. The standard InChI is InChI=1S/C5H5N2O/c8-4-5-6-2-1-3-7-5/h1-2,8H,4H2. The molecule has 0 spiro atoms. The molecule has 1 radical (unpaired) electrons. The minimum atomic E-state index is -0.114. The Kier molecular flexibility index (Phi) is 1.54. The first-order valence-corrected chi connectivity index (χ1v) is 2.22. The molecule has 1 aromatic rings. The van der Waals surface area contributed by atoms with Crippen molar-refractivity contribution in [1.29, 1.82) is 0 Å². The van der Waals surface area contributed by atoms with Gasteiger partial charge in [0.25, 0.3) is 0 Å². The highest BCUT2D eigenvalue weighted by atomic mass is 16.3. The summed E-state index contributed by atoms with van der Waals surface area (Å²) in [6, 6.07) is 1.58. The van der Waals surface area contributed by atoms with Crippen LogP contribution in [0.25, 0.3) is 0 Å². The van der Waals surface area contributed by atoms with E-state index < -0.39 is 0 Å². The van der Waals surface area contributed by atoms with Crippen LogP contribution in [0.4, 0.5) is 0 Å². The van der Waals surface area contributed by atoms with Crippen molar-refractivity contribution in [1.82, 2.24) is 9.97 Å². The first kappa shape index (κ1) is 5.18. The number of aliphatic hydroxyl groups is 1. The molecule has 0 unspecified atom stereocenters. The summed E-state index contributed by atoms with van der Waals surface area (Å²) in [4.78, 5) is 7.32. The van der Waals surface area contributed by atoms with Crippen molar-refractivity contribution in [2.24, 2.45) is 0 Å². The Balaban J connectivity index is 2.83. The van der Waals surface area contributed by atoms with Crippen molar-refractivity contribution in [2.45, 2.75) is 6.61 Å². The van der Waals surface area contributed by atoms with E-state index in [1.54, 1.807) is 12.3 Å². The van der Waals surface area contributed by atoms with E-state index in [1.165, 1.54) is 0 Å². The molecule has 1 rings (SSSR count). The maximum atomic E-state index is 8.39. The Labute approximate surface area is 47.0 Å². The first-order valence-electron chi connectivity index (χ1n) is 2.22. The third-order valence-electron chi connectivity index (χ3n) is 0.708. The van der Waals surface area contributed by atoms with Crippen LogP contribution < -0.4 is 0 Å². The van der Waals surface area contributed by atoms with Gasteiger partial charge in [-0.05, 0) is 6.07 Å². The highest BCUT2D eigenvalue weighted by Crippen LogP contribution is 1.82. The van der Waals surface area contributed by atoms with Crippen LogP contribution in [-0.2, 0) is 6.61 Å². The van der Waals surface area contributed by atoms with Gasteiger partial charge in [0, 0.05) is 6.20 Å². The Hall–Kier alpha value is -0.960. The molecule has 0 aliphatic rings. The molecule has 1 N–H and O–H groups in total. The van der Waals surface area contributed by atoms with Gasteiger partial charge in [0.15, 0.2) is 5.82 Å². The van der Waals surface area contributed by atoms with Crippen LogP contribution in [0.2, 0.25) is 0 Å². The van der Waals surface area contributed by atoms with Gasteiger partial charge in [-0.1, -0.05) is 0 Å². The molecule has 0 aromatic carbocycles. The van der Waals surface area contributed by atoms with E-state index in [1.807, 2.05) is 0 Å². The molecule has 1 aromatic heterocycles. The molecule has 41 valence electrons. The molecule has 8 heavy (non-hydrogen) atoms. The number of hydrogen-bond donors (Lipinski definition) is 1. The van der Waals surface area contributed by atoms with Gasteiger partial charge in [-0.25, -0.2) is 9.97 Å². The van der Waals surface area contributed by atoms with E-state index in [4.69, 9.17) is 5.11 Å². The van der Waals surface area contributed by atoms with Crippen molar-refractivity contribution in [3.05, 3.63) is 24.3 Å². The minimum absolute atomic E-state index is 0.114. The minimum Gasteiger partial charge on any atom is -0.388 e. The number of nitrogens with zero attached hydrogens (tertiary/aromatic N) is 2. The fourth-order valence-electron chi connectivity index (χ4n) is 0.373. The van der Waals surface area contributed by atoms with E-state index in [0.29, 0.717) is 5.82 Å². The van der Waals surface area contributed by atoms with Gasteiger partial charge in [0.2, 0.25) is 0 Å². The SMILES string of the molecule is OCc1n[c]ccn1. The molecular weight excluding hydrogens is 104 g/mol. The molecule has 0 amide bonds. The molecule has 0 aliphatic carbocycles. The lowest BCUT2D eigenvalue weighted by Crippen LogP contribution is -1.90. The molecule has 0 atom stereocenters. The summed E-state index contributed by atoms with van der Waals surface area (Å²) in [6.45, 7) is -0.114. The van der Waals surface area contributed by atoms with Crippen molar-refractivity contribution in [2.75, 3.05) is 0 Å². The highest BCUT2D eigenvalue weighted by Gasteiger charge is 1.85. The van der Waals surface area contributed by atoms with Crippen molar-refractivity contribution in [3.63, 3.8) is 0 Å². The molecule has 3 heteroatoms. The second kappa shape index (κ2) is 2.37. The predicted octanol–water partition coefficient (Wildman–Crippen LogP) is -0.231. The number of aliphatic hydroxyl groups excluding tert-OH is 1. The van der Waals surface area contributed by atoms with E-state index in [-0.39, 0.29) is 6.61 Å². The topological polar surface area (TPSA) is 46.0 Å². The lowest BCUT2D eigenvalue weighted by Gasteiger charge is -1.86. The van der Waals surface area contributed by atoms with Crippen LogP contribution in [0.3, 0.4) is 0 Å². The molecule has 0 fully saturated rings. The summed E-state index contributed by atoms with van der Waals surface area (Å²) < 4.78 is 0. The average Bonchev–Trinajstić information content (AvgIpc) is 1.90. The van der Waals surface area contributed by atoms with E-state index >= 15 is 0 Å². The van der Waals surface area contributed by atoms with Gasteiger partial charge in [0.1, 0.15) is 6.61 Å². The molecule has 1 heterocycles. The first-order chi connectivity index (χ1) is 3.93. The Morgan fingerprint density at radius 1 is 1.75 bits per heavy atom. The Bertz CT molecular complexity index is 152. The van der Waals surface area contributed by atoms with Crippen molar-refractivity contribution in [3.8, 4) is 0 Å². The van der Waals surface area contributed by atoms with Crippen LogP contribution in [0.1, 0.15) is 5.82 Å². The molecule has 0 saturated carbocycles. The van der Waals surface area contributed by atoms with Crippen molar-refractivity contribution >= 4 is 0 Å². The summed E-state index contributed by atoms with van der Waals surface area (Å²) in [5.74, 6) is 0.410. The Morgan fingerprint density at radius 2 is 2.62 bits per heavy atom. The zero-order valence-corrected chi connectivity index (χ0v) is 4.20. The smallest absolute Gasteiger partial charge is 0.154 e. The monoisotopic (exact) mass is 109 g/mol. The summed E-state index contributed by atoms with van der Waals surface area (Å²) in [6.07, 6.45) is 4.08. The maximum absolute atomic E-state index is 8.39. The summed E-state index contributed by atoms with van der Waals surface area (Å²) in [5, 5.41) is 8.39. The normalized spacial score (nSPS) is 9.12. The third-order valence-corrected chi connectivity index (χ3v) is 0.708. The van der Waals surface area contributed by atoms with Gasteiger partial charge in [0.05, 0.1) is 6.20 Å². The largest absolute Gasteiger partial charge is 0.388 e. The zero-order valence-electron chi connectivity index (χ0n) is 4.20. The summed E-state index contributed by atoms with van der Waals surface area (Å²) in [7, 11) is 0. The summed E-state index contributed by atoms with van der Waals surface area (Å²) >= 11 is 0. The van der Waals surface area contributed by atoms with Gasteiger partial charge >= 0.3 is 0 Å². The van der Waals surface area contributed by atoms with Crippen LogP contribution >= 0.6 is 0 Å². The number of aromatic nitrogens is 2. The second-order valence-electron chi connectivity index (χ2n) is 1.26. The average molecular weight is 109 g/mol. The maximum Gasteiger partial charge on any atom is 0.154 e. The number of hydrogen-bond acceptors (Lipinski definition) is 3. The Morgan fingerprint density at radius 3 is 3.00 bits per heavy atom. The van der Waals surface area contributed by atoms with Crippen LogP contribution in [0.15, 0.2) is 12.3 Å². The third kappa shape index (κ3) is 1.01. The van der Waals surface area contributed by atoms with Crippen LogP contribution in [0.5, 0.6) is 0 Å². The van der Waals surface area contributed by atoms with Crippen molar-refractivity contribution < 1.29 is 5.11 Å². The highest BCUT2D eigenvalue weighted by molar-refractivity contribution is 4.84. The van der Waals surface area contributed by atoms with Gasteiger partial charge < -0.3 is 5.11 Å². The fourth-order valence-corrected chi connectivity index (χ4v) is 0.373. The van der Waals surface area contributed by atoms with Gasteiger partial charge in [-0.2, -0.15) is 0 Å². The molecule has 0 saturated heterocycles. The van der Waals surface area contributed by atoms with Gasteiger partial charge in [-0.15, -0.1) is 0 Å². The molecule has 0 bridgehead atoms. The molecule has 3 nitrogen and oxygen atoms in total. The molecular formula is C5H5N2O. The lowest BCUT2D eigenvalue weighted by molar-refractivity contribution is 0.271. The van der Waals surface area contributed by atoms with E-state index in [0.717, 1.165) is 0 Å². The zero-order chi connectivity index (χ0) is 5.82. The van der Waals surface area contributed by atoms with E-state index in [9.17, 15) is 0 Å². The lowest BCUT2D eigenvalue weighted by atomic mass is 10.6. The van der Waals surface area contributed by atoms with Gasteiger partial charge in [-0.3, -0.25) is 0 Å². The van der Waals surface area contributed by atoms with E-state index in [2.05, 4.69) is 16.2 Å². The van der Waals surface area contributed by atoms with Crippen LogP contribution in [-0.4, -0.2) is 15.1 Å². The second-order valence-corrected chi connectivity index (χ2v) is 1.26. The quantitative estimate of drug-likeness (QED) is 0.541. The van der Waals surface area contributed by atoms with Crippen LogP contribution in [0, 0.1) is 6.20 Å². The fraction of sp³-hybridized carbons (Fsp3) is 0.200. The number of rotatable bonds is 1. The molecule has 0 aliphatic heterocycles.